The highest BCUT2D eigenvalue weighted by molar-refractivity contribution is 9.10. The Hall–Kier alpha value is -1.46. The first-order valence-corrected chi connectivity index (χ1v) is 7.39. The summed E-state index contributed by atoms with van der Waals surface area (Å²) < 4.78 is 1.01. The fourth-order valence-corrected chi connectivity index (χ4v) is 2.41. The van der Waals surface area contributed by atoms with E-state index in [1.807, 2.05) is 24.3 Å². The monoisotopic (exact) mass is 337 g/mol. The van der Waals surface area contributed by atoms with Gasteiger partial charge in [-0.2, -0.15) is 0 Å². The molecule has 0 saturated heterocycles. The Morgan fingerprint density at radius 2 is 1.84 bits per heavy atom. The molecule has 2 rings (SSSR count). The number of rotatable bonds is 4. The molecular formula is C14H12BrNO2S. The normalized spacial score (nSPS) is 10.2. The lowest BCUT2D eigenvalue weighted by atomic mass is 10.3. The number of benzene rings is 2. The minimum absolute atomic E-state index is 0.0736. The summed E-state index contributed by atoms with van der Waals surface area (Å²) in [6.07, 6.45) is 0. The van der Waals surface area contributed by atoms with Gasteiger partial charge in [-0.15, -0.1) is 11.8 Å². The summed E-state index contributed by atoms with van der Waals surface area (Å²) in [5.74, 6) is 0.231. The van der Waals surface area contributed by atoms with E-state index in [0.717, 1.165) is 9.37 Å². The summed E-state index contributed by atoms with van der Waals surface area (Å²) in [7, 11) is 0. The van der Waals surface area contributed by atoms with Gasteiger partial charge in [0.1, 0.15) is 5.75 Å². The number of thioether (sulfide) groups is 1. The molecule has 2 N–H and O–H groups in total. The van der Waals surface area contributed by atoms with Gasteiger partial charge < -0.3 is 10.4 Å². The molecule has 19 heavy (non-hydrogen) atoms. The van der Waals surface area contributed by atoms with Crippen molar-refractivity contribution in [2.45, 2.75) is 4.90 Å². The van der Waals surface area contributed by atoms with E-state index in [1.165, 1.54) is 17.8 Å². The number of hydrogen-bond donors (Lipinski definition) is 2. The van der Waals surface area contributed by atoms with E-state index >= 15 is 0 Å². The molecule has 0 aliphatic carbocycles. The first-order chi connectivity index (χ1) is 9.15. The number of para-hydroxylation sites is 2. The smallest absolute Gasteiger partial charge is 0.234 e. The predicted octanol–water partition coefficient (Wildman–Crippen LogP) is 3.89. The van der Waals surface area contributed by atoms with Gasteiger partial charge in [-0.1, -0.05) is 28.1 Å². The van der Waals surface area contributed by atoms with E-state index in [0.29, 0.717) is 11.4 Å². The average molecular weight is 338 g/mol. The molecule has 0 aliphatic heterocycles. The summed E-state index contributed by atoms with van der Waals surface area (Å²) >= 11 is 4.81. The number of phenols is 1. The summed E-state index contributed by atoms with van der Waals surface area (Å²) in [4.78, 5) is 12.8. The number of carbonyl (C=O) groups is 1. The van der Waals surface area contributed by atoms with Gasteiger partial charge in [-0.05, 0) is 36.4 Å². The molecule has 0 radical (unpaired) electrons. The van der Waals surface area contributed by atoms with Gasteiger partial charge in [-0.3, -0.25) is 4.79 Å². The van der Waals surface area contributed by atoms with Crippen LogP contribution in [0.4, 0.5) is 5.69 Å². The van der Waals surface area contributed by atoms with Crippen LogP contribution < -0.4 is 5.32 Å². The molecule has 3 nitrogen and oxygen atoms in total. The van der Waals surface area contributed by atoms with Crippen LogP contribution in [0.25, 0.3) is 0 Å². The van der Waals surface area contributed by atoms with Gasteiger partial charge in [0.15, 0.2) is 0 Å². The molecule has 0 heterocycles. The molecule has 1 amide bonds. The van der Waals surface area contributed by atoms with Crippen LogP contribution in [-0.2, 0) is 4.79 Å². The van der Waals surface area contributed by atoms with E-state index in [4.69, 9.17) is 0 Å². The molecular weight excluding hydrogens is 326 g/mol. The van der Waals surface area contributed by atoms with Crippen LogP contribution in [-0.4, -0.2) is 16.8 Å². The largest absolute Gasteiger partial charge is 0.506 e. The Kier molecular flexibility index (Phi) is 4.87. The van der Waals surface area contributed by atoms with Gasteiger partial charge >= 0.3 is 0 Å². The summed E-state index contributed by atoms with van der Waals surface area (Å²) in [5.41, 5.74) is 0.434. The van der Waals surface area contributed by atoms with Gasteiger partial charge in [-0.25, -0.2) is 0 Å². The van der Waals surface area contributed by atoms with Crippen LogP contribution >= 0.6 is 27.7 Å². The third-order valence-electron chi connectivity index (χ3n) is 2.36. The molecule has 0 aromatic heterocycles. The van der Waals surface area contributed by atoms with Gasteiger partial charge in [0.05, 0.1) is 11.4 Å². The molecule has 5 heteroatoms. The second-order valence-corrected chi connectivity index (χ2v) is 5.77. The summed E-state index contributed by atoms with van der Waals surface area (Å²) in [6, 6.07) is 14.4. The lowest BCUT2D eigenvalue weighted by molar-refractivity contribution is -0.113. The fraction of sp³-hybridized carbons (Fsp3) is 0.0714. The number of amides is 1. The topological polar surface area (TPSA) is 49.3 Å². The van der Waals surface area contributed by atoms with Crippen LogP contribution in [0.15, 0.2) is 57.9 Å². The maximum atomic E-state index is 11.8. The first-order valence-electron chi connectivity index (χ1n) is 5.61. The van der Waals surface area contributed by atoms with Gasteiger partial charge in [0.25, 0.3) is 0 Å². The van der Waals surface area contributed by atoms with Crippen LogP contribution in [0.3, 0.4) is 0 Å². The van der Waals surface area contributed by atoms with Crippen molar-refractivity contribution < 1.29 is 9.90 Å². The standard InChI is InChI=1S/C14H12BrNO2S/c15-10-5-7-11(8-6-10)19-9-14(18)16-12-3-1-2-4-13(12)17/h1-8,17H,9H2,(H,16,18). The van der Waals surface area contributed by atoms with E-state index in [9.17, 15) is 9.90 Å². The highest BCUT2D eigenvalue weighted by Gasteiger charge is 2.06. The van der Waals surface area contributed by atoms with Crippen molar-refractivity contribution in [3.8, 4) is 5.75 Å². The Morgan fingerprint density at radius 1 is 1.16 bits per heavy atom. The maximum Gasteiger partial charge on any atom is 0.234 e. The summed E-state index contributed by atoms with van der Waals surface area (Å²) in [5, 5.41) is 12.2. The number of anilines is 1. The van der Waals surface area contributed by atoms with Crippen molar-refractivity contribution in [1.29, 1.82) is 0 Å². The lowest BCUT2D eigenvalue weighted by Crippen LogP contribution is -2.13. The zero-order valence-electron chi connectivity index (χ0n) is 9.97. The Morgan fingerprint density at radius 3 is 2.53 bits per heavy atom. The molecule has 2 aromatic rings. The number of hydrogen-bond acceptors (Lipinski definition) is 3. The molecule has 0 atom stereocenters. The predicted molar refractivity (Wildman–Crippen MR) is 81.6 cm³/mol. The third-order valence-corrected chi connectivity index (χ3v) is 3.90. The molecule has 0 spiro atoms. The van der Waals surface area contributed by atoms with Gasteiger partial charge in [0.2, 0.25) is 5.91 Å². The van der Waals surface area contributed by atoms with Crippen LogP contribution in [0.1, 0.15) is 0 Å². The zero-order valence-corrected chi connectivity index (χ0v) is 12.4. The van der Waals surface area contributed by atoms with Crippen LogP contribution in [0.2, 0.25) is 0 Å². The van der Waals surface area contributed by atoms with E-state index in [-0.39, 0.29) is 11.7 Å². The average Bonchev–Trinajstić information content (AvgIpc) is 2.41. The van der Waals surface area contributed by atoms with Gasteiger partial charge in [0, 0.05) is 9.37 Å². The number of halogens is 1. The second kappa shape index (κ2) is 6.63. The zero-order chi connectivity index (χ0) is 13.7. The Balaban J connectivity index is 1.88. The van der Waals surface area contributed by atoms with Crippen molar-refractivity contribution in [2.24, 2.45) is 0 Å². The van der Waals surface area contributed by atoms with E-state index in [1.54, 1.807) is 18.2 Å². The van der Waals surface area contributed by atoms with Crippen molar-refractivity contribution >= 4 is 39.3 Å². The molecule has 98 valence electrons. The highest BCUT2D eigenvalue weighted by Crippen LogP contribution is 2.23. The molecule has 2 aromatic carbocycles. The van der Waals surface area contributed by atoms with Crippen LogP contribution in [0.5, 0.6) is 5.75 Å². The number of carbonyl (C=O) groups excluding carboxylic acids is 1. The highest BCUT2D eigenvalue weighted by atomic mass is 79.9. The lowest BCUT2D eigenvalue weighted by Gasteiger charge is -2.06. The Bertz CT molecular complexity index is 572. The summed E-state index contributed by atoms with van der Waals surface area (Å²) in [6.45, 7) is 0. The van der Waals surface area contributed by atoms with Crippen LogP contribution in [0, 0.1) is 0 Å². The molecule has 0 aliphatic rings. The first kappa shape index (κ1) is 14.0. The fourth-order valence-electron chi connectivity index (χ4n) is 1.45. The Labute approximate surface area is 124 Å². The van der Waals surface area contributed by atoms with E-state index < -0.39 is 0 Å². The molecule has 0 fully saturated rings. The molecule has 0 saturated carbocycles. The molecule has 0 unspecified atom stereocenters. The third kappa shape index (κ3) is 4.29. The minimum atomic E-state index is -0.144. The maximum absolute atomic E-state index is 11.8. The number of aromatic hydroxyl groups is 1. The van der Waals surface area contributed by atoms with Crippen molar-refractivity contribution in [3.05, 3.63) is 53.0 Å². The number of phenolic OH excluding ortho intramolecular Hbond substituents is 1. The van der Waals surface area contributed by atoms with Crippen molar-refractivity contribution in [1.82, 2.24) is 0 Å². The van der Waals surface area contributed by atoms with Crippen molar-refractivity contribution in [2.75, 3.05) is 11.1 Å². The second-order valence-electron chi connectivity index (χ2n) is 3.81. The number of nitrogens with one attached hydrogen (secondary N) is 1. The minimum Gasteiger partial charge on any atom is -0.506 e. The SMILES string of the molecule is O=C(CSc1ccc(Br)cc1)Nc1ccccc1O. The molecule has 0 bridgehead atoms. The van der Waals surface area contributed by atoms with Crippen molar-refractivity contribution in [3.63, 3.8) is 0 Å². The van der Waals surface area contributed by atoms with E-state index in [2.05, 4.69) is 21.2 Å². The quantitative estimate of drug-likeness (QED) is 0.657.